The Hall–Kier alpha value is -1.80. The van der Waals surface area contributed by atoms with Crippen LogP contribution in [-0.2, 0) is 12.8 Å². The number of ether oxygens (including phenoxy) is 1. The number of hydrogen-bond donors (Lipinski definition) is 1. The van der Waals surface area contributed by atoms with Crippen LogP contribution in [-0.4, -0.2) is 19.7 Å². The maximum atomic E-state index is 5.80. The quantitative estimate of drug-likeness (QED) is 0.794. The van der Waals surface area contributed by atoms with Gasteiger partial charge < -0.3 is 10.1 Å². The van der Waals surface area contributed by atoms with E-state index in [-0.39, 0.29) is 0 Å². The second kappa shape index (κ2) is 8.48. The average molecular weight is 283 g/mol. The Morgan fingerprint density at radius 3 is 2.24 bits per heavy atom. The second-order valence-electron chi connectivity index (χ2n) is 5.46. The molecule has 2 aromatic rings. The molecule has 112 valence electrons. The van der Waals surface area contributed by atoms with E-state index in [1.807, 2.05) is 13.1 Å². The smallest absolute Gasteiger partial charge is 0.119 e. The molecule has 2 heteroatoms. The molecule has 0 aliphatic heterocycles. The summed E-state index contributed by atoms with van der Waals surface area (Å²) >= 11 is 0. The maximum absolute atomic E-state index is 5.80. The van der Waals surface area contributed by atoms with E-state index in [0.29, 0.717) is 6.04 Å². The Bertz CT molecular complexity index is 507. The summed E-state index contributed by atoms with van der Waals surface area (Å²) in [5.74, 6) is 0.955. The Morgan fingerprint density at radius 2 is 1.57 bits per heavy atom. The lowest BCUT2D eigenvalue weighted by molar-refractivity contribution is 0.322. The molecule has 0 saturated carbocycles. The van der Waals surface area contributed by atoms with Crippen molar-refractivity contribution in [3.63, 3.8) is 0 Å². The minimum absolute atomic E-state index is 0.562. The maximum Gasteiger partial charge on any atom is 0.119 e. The van der Waals surface area contributed by atoms with Gasteiger partial charge in [-0.05, 0) is 50.1 Å². The third kappa shape index (κ3) is 5.60. The van der Waals surface area contributed by atoms with Gasteiger partial charge in [-0.15, -0.1) is 0 Å². The molecule has 0 amide bonds. The predicted octanol–water partition coefficient (Wildman–Crippen LogP) is 3.85. The van der Waals surface area contributed by atoms with Crippen molar-refractivity contribution in [3.8, 4) is 5.75 Å². The topological polar surface area (TPSA) is 21.3 Å². The first-order chi connectivity index (χ1) is 10.3. The normalized spacial score (nSPS) is 12.1. The number of rotatable bonds is 8. The van der Waals surface area contributed by atoms with Crippen LogP contribution in [0.3, 0.4) is 0 Å². The molecule has 0 radical (unpaired) electrons. The molecule has 21 heavy (non-hydrogen) atoms. The second-order valence-corrected chi connectivity index (χ2v) is 5.46. The van der Waals surface area contributed by atoms with E-state index in [0.717, 1.165) is 31.6 Å². The molecule has 2 rings (SSSR count). The van der Waals surface area contributed by atoms with Crippen molar-refractivity contribution in [1.82, 2.24) is 5.32 Å². The van der Waals surface area contributed by atoms with Gasteiger partial charge in [-0.3, -0.25) is 0 Å². The molecule has 0 heterocycles. The minimum atomic E-state index is 0.562. The van der Waals surface area contributed by atoms with E-state index in [9.17, 15) is 0 Å². The first kappa shape index (κ1) is 15.6. The third-order valence-electron chi connectivity index (χ3n) is 3.78. The van der Waals surface area contributed by atoms with Gasteiger partial charge in [-0.25, -0.2) is 0 Å². The highest BCUT2D eigenvalue weighted by Crippen LogP contribution is 2.14. The molecule has 1 N–H and O–H groups in total. The average Bonchev–Trinajstić information content (AvgIpc) is 2.55. The summed E-state index contributed by atoms with van der Waals surface area (Å²) in [7, 11) is 2.01. The molecular formula is C19H25NO. The van der Waals surface area contributed by atoms with Gasteiger partial charge in [0.15, 0.2) is 0 Å². The summed E-state index contributed by atoms with van der Waals surface area (Å²) in [6.07, 6.45) is 3.21. The molecule has 2 aromatic carbocycles. The molecule has 0 aliphatic rings. The number of benzene rings is 2. The Balaban J connectivity index is 1.74. The Morgan fingerprint density at radius 1 is 0.905 bits per heavy atom. The SMILES string of the molecule is CNC(C)CCc1ccc(OCCc2ccccc2)cc1. The molecule has 2 nitrogen and oxygen atoms in total. The lowest BCUT2D eigenvalue weighted by atomic mass is 10.1. The molecular weight excluding hydrogens is 258 g/mol. The highest BCUT2D eigenvalue weighted by molar-refractivity contribution is 5.27. The number of hydrogen-bond acceptors (Lipinski definition) is 2. The number of aryl methyl sites for hydroxylation is 1. The highest BCUT2D eigenvalue weighted by atomic mass is 16.5. The monoisotopic (exact) mass is 283 g/mol. The standard InChI is InChI=1S/C19H25NO/c1-16(20-2)8-9-18-10-12-19(13-11-18)21-15-14-17-6-4-3-5-7-17/h3-7,10-13,16,20H,8-9,14-15H2,1-2H3. The van der Waals surface area contributed by atoms with Gasteiger partial charge >= 0.3 is 0 Å². The van der Waals surface area contributed by atoms with Crippen LogP contribution >= 0.6 is 0 Å². The van der Waals surface area contributed by atoms with Crippen molar-refractivity contribution < 1.29 is 4.74 Å². The Labute approximate surface area is 128 Å². The van der Waals surface area contributed by atoms with Crippen LogP contribution in [0, 0.1) is 0 Å². The predicted molar refractivity (Wildman–Crippen MR) is 88.9 cm³/mol. The first-order valence-electron chi connectivity index (χ1n) is 7.71. The van der Waals surface area contributed by atoms with E-state index in [4.69, 9.17) is 4.74 Å². The van der Waals surface area contributed by atoms with Crippen LogP contribution in [0.5, 0.6) is 5.75 Å². The van der Waals surface area contributed by atoms with Crippen molar-refractivity contribution in [2.75, 3.05) is 13.7 Å². The lowest BCUT2D eigenvalue weighted by Crippen LogP contribution is -2.21. The van der Waals surface area contributed by atoms with E-state index in [1.54, 1.807) is 0 Å². The summed E-state index contributed by atoms with van der Waals surface area (Å²) < 4.78 is 5.80. The van der Waals surface area contributed by atoms with Gasteiger partial charge in [0, 0.05) is 12.5 Å². The van der Waals surface area contributed by atoms with Crippen LogP contribution in [0.2, 0.25) is 0 Å². The molecule has 0 spiro atoms. The minimum Gasteiger partial charge on any atom is -0.493 e. The lowest BCUT2D eigenvalue weighted by Gasteiger charge is -2.10. The van der Waals surface area contributed by atoms with Crippen LogP contribution in [0.25, 0.3) is 0 Å². The third-order valence-corrected chi connectivity index (χ3v) is 3.78. The zero-order valence-electron chi connectivity index (χ0n) is 13.0. The summed E-state index contributed by atoms with van der Waals surface area (Å²) in [5.41, 5.74) is 2.68. The zero-order valence-corrected chi connectivity index (χ0v) is 13.0. The molecule has 1 unspecified atom stereocenters. The fourth-order valence-corrected chi connectivity index (χ4v) is 2.21. The zero-order chi connectivity index (χ0) is 14.9. The van der Waals surface area contributed by atoms with Gasteiger partial charge in [-0.2, -0.15) is 0 Å². The largest absolute Gasteiger partial charge is 0.493 e. The van der Waals surface area contributed by atoms with Crippen LogP contribution in [0.15, 0.2) is 54.6 Å². The van der Waals surface area contributed by atoms with Crippen molar-refractivity contribution in [2.24, 2.45) is 0 Å². The molecule has 0 bridgehead atoms. The van der Waals surface area contributed by atoms with Gasteiger partial charge in [0.1, 0.15) is 5.75 Å². The van der Waals surface area contributed by atoms with Gasteiger partial charge in [0.05, 0.1) is 6.61 Å². The summed E-state index contributed by atoms with van der Waals surface area (Å²) in [5, 5.41) is 3.27. The van der Waals surface area contributed by atoms with Gasteiger partial charge in [0.2, 0.25) is 0 Å². The molecule has 0 aliphatic carbocycles. The van der Waals surface area contributed by atoms with Gasteiger partial charge in [0.25, 0.3) is 0 Å². The fourth-order valence-electron chi connectivity index (χ4n) is 2.21. The fraction of sp³-hybridized carbons (Fsp3) is 0.368. The van der Waals surface area contributed by atoms with E-state index < -0.39 is 0 Å². The van der Waals surface area contributed by atoms with Crippen molar-refractivity contribution >= 4 is 0 Å². The van der Waals surface area contributed by atoms with Crippen LogP contribution in [0.4, 0.5) is 0 Å². The molecule has 0 fully saturated rings. The Kier molecular flexibility index (Phi) is 6.29. The van der Waals surface area contributed by atoms with Gasteiger partial charge in [-0.1, -0.05) is 42.5 Å². The van der Waals surface area contributed by atoms with E-state index in [2.05, 4.69) is 60.8 Å². The van der Waals surface area contributed by atoms with Crippen molar-refractivity contribution in [2.45, 2.75) is 32.2 Å². The molecule has 1 atom stereocenters. The van der Waals surface area contributed by atoms with Crippen LogP contribution < -0.4 is 10.1 Å². The summed E-state index contributed by atoms with van der Waals surface area (Å²) in [4.78, 5) is 0. The van der Waals surface area contributed by atoms with E-state index in [1.165, 1.54) is 11.1 Å². The summed E-state index contributed by atoms with van der Waals surface area (Å²) in [6.45, 7) is 2.93. The summed E-state index contributed by atoms with van der Waals surface area (Å²) in [6, 6.07) is 19.5. The molecule has 0 saturated heterocycles. The van der Waals surface area contributed by atoms with E-state index >= 15 is 0 Å². The highest BCUT2D eigenvalue weighted by Gasteiger charge is 2.00. The van der Waals surface area contributed by atoms with Crippen molar-refractivity contribution in [3.05, 3.63) is 65.7 Å². The number of nitrogens with one attached hydrogen (secondary N) is 1. The van der Waals surface area contributed by atoms with Crippen molar-refractivity contribution in [1.29, 1.82) is 0 Å². The van der Waals surface area contributed by atoms with Crippen LogP contribution in [0.1, 0.15) is 24.5 Å². The first-order valence-corrected chi connectivity index (χ1v) is 7.71. The molecule has 0 aromatic heterocycles.